The fourth-order valence-electron chi connectivity index (χ4n) is 10.4. The number of amides is 2. The summed E-state index contributed by atoms with van der Waals surface area (Å²) >= 11 is 0. The molecule has 0 radical (unpaired) electrons. The molecule has 2 heterocycles. The van der Waals surface area contributed by atoms with E-state index in [1.807, 2.05) is 13.8 Å². The lowest BCUT2D eigenvalue weighted by Crippen LogP contribution is -2.57. The number of fused-ring (bicyclic) bond motifs is 6. The SMILES string of the molecule is CC1=C2C[C@H]3[C@@H](CC=C4C[C@@H](OC(=O)NC5CC5)CC[C@@]43C)[C@@H]2CC[C@]12O[C@@H]1C[C@H](C)CN(C(=O)C(F)(F)F)[C@H]1[C@H]2C. The van der Waals surface area contributed by atoms with E-state index in [1.165, 1.54) is 16.7 Å². The van der Waals surface area contributed by atoms with Gasteiger partial charge >= 0.3 is 18.2 Å². The third-order valence-electron chi connectivity index (χ3n) is 12.7. The zero-order chi connectivity index (χ0) is 29.8. The molecule has 5 aliphatic carbocycles. The van der Waals surface area contributed by atoms with E-state index in [0.717, 1.165) is 62.7 Å². The lowest BCUT2D eigenvalue weighted by molar-refractivity contribution is -0.192. The molecule has 3 saturated carbocycles. The highest BCUT2D eigenvalue weighted by Gasteiger charge is 2.63. The average molecular weight is 591 g/mol. The number of halogens is 3. The van der Waals surface area contributed by atoms with E-state index in [4.69, 9.17) is 9.47 Å². The van der Waals surface area contributed by atoms with Crippen LogP contribution in [0.5, 0.6) is 0 Å². The van der Waals surface area contributed by atoms with Crippen LogP contribution in [0, 0.1) is 35.0 Å². The van der Waals surface area contributed by atoms with Gasteiger partial charge in [-0.2, -0.15) is 13.2 Å². The molecule has 0 unspecified atom stereocenters. The van der Waals surface area contributed by atoms with Crippen molar-refractivity contribution >= 4 is 12.0 Å². The highest BCUT2D eigenvalue weighted by molar-refractivity contribution is 5.82. The first-order chi connectivity index (χ1) is 19.8. The van der Waals surface area contributed by atoms with Gasteiger partial charge in [-0.1, -0.05) is 38.0 Å². The number of carbonyl (C=O) groups is 2. The van der Waals surface area contributed by atoms with Crippen LogP contribution in [0.1, 0.15) is 91.9 Å². The third-order valence-corrected chi connectivity index (χ3v) is 12.7. The molecule has 6 nitrogen and oxygen atoms in total. The van der Waals surface area contributed by atoms with Crippen molar-refractivity contribution in [3.05, 3.63) is 22.8 Å². The Kier molecular flexibility index (Phi) is 6.66. The molecule has 1 N–H and O–H groups in total. The van der Waals surface area contributed by atoms with Gasteiger partial charge in [0, 0.05) is 24.9 Å². The third kappa shape index (κ3) is 4.37. The Morgan fingerprint density at radius 2 is 1.88 bits per heavy atom. The molecule has 0 aromatic heterocycles. The predicted octanol–water partition coefficient (Wildman–Crippen LogP) is 6.70. The molecular weight excluding hydrogens is 545 g/mol. The molecule has 2 aliphatic heterocycles. The summed E-state index contributed by atoms with van der Waals surface area (Å²) in [4.78, 5) is 26.0. The Bertz CT molecular complexity index is 1230. The molecule has 0 aromatic carbocycles. The average Bonchev–Trinajstić information content (AvgIpc) is 3.57. The molecule has 9 heteroatoms. The topological polar surface area (TPSA) is 67.9 Å². The monoisotopic (exact) mass is 590 g/mol. The van der Waals surface area contributed by atoms with Crippen molar-refractivity contribution in [1.82, 2.24) is 10.2 Å². The molecule has 0 aromatic rings. The number of nitrogens with zero attached hydrogens (tertiary/aromatic N) is 1. The fraction of sp³-hybridized carbons (Fsp3) is 0.818. The molecule has 7 rings (SSSR count). The number of ether oxygens (including phenoxy) is 2. The largest absolute Gasteiger partial charge is 0.471 e. The first-order valence-electron chi connectivity index (χ1n) is 16.2. The summed E-state index contributed by atoms with van der Waals surface area (Å²) in [5.41, 5.74) is 3.57. The van der Waals surface area contributed by atoms with Crippen molar-refractivity contribution in [2.24, 2.45) is 35.0 Å². The van der Waals surface area contributed by atoms with Crippen molar-refractivity contribution in [3.8, 4) is 0 Å². The summed E-state index contributed by atoms with van der Waals surface area (Å²) in [5, 5.41) is 2.95. The number of carbonyl (C=O) groups excluding carboxylic acids is 2. The first-order valence-corrected chi connectivity index (χ1v) is 16.2. The van der Waals surface area contributed by atoms with E-state index in [2.05, 4.69) is 25.2 Å². The van der Waals surface area contributed by atoms with Crippen molar-refractivity contribution < 1.29 is 32.2 Å². The molecule has 42 heavy (non-hydrogen) atoms. The highest BCUT2D eigenvalue weighted by Crippen LogP contribution is 2.65. The number of nitrogens with one attached hydrogen (secondary N) is 1. The predicted molar refractivity (Wildman–Crippen MR) is 150 cm³/mol. The zero-order valence-corrected chi connectivity index (χ0v) is 25.3. The van der Waals surface area contributed by atoms with E-state index < -0.39 is 23.7 Å². The minimum atomic E-state index is -4.88. The summed E-state index contributed by atoms with van der Waals surface area (Å²) in [6, 6.07) is -0.265. The quantitative estimate of drug-likeness (QED) is 0.364. The molecule has 1 spiro atoms. The summed E-state index contributed by atoms with van der Waals surface area (Å²) in [6.07, 6.45) is 6.05. The molecule has 7 aliphatic rings. The standard InChI is InChI=1S/C33H45F3N2O4/c1-17-13-27-28(38(16-17)29(39)33(34,35)36)19(3)32(42-27)12-10-23-24-8-5-20-14-22(41-30(40)37-21-6-7-21)9-11-31(20,4)26(24)15-25(23)18(32)2/h5,17,19,21-24,26-28H,6-16H2,1-4H3,(H,37,40)/t17-,19+,22-,23-,24-,26-,27+,28-,31-,32-/m0/s1. The molecular formula is C33H45F3N2O4. The number of likely N-dealkylation sites (tertiary alicyclic amines) is 1. The van der Waals surface area contributed by atoms with Crippen molar-refractivity contribution in [2.75, 3.05) is 6.54 Å². The maximum Gasteiger partial charge on any atom is 0.471 e. The van der Waals surface area contributed by atoms with Crippen LogP contribution in [0.3, 0.4) is 0 Å². The summed E-state index contributed by atoms with van der Waals surface area (Å²) in [5.74, 6) is -0.430. The molecule has 2 amide bonds. The van der Waals surface area contributed by atoms with Crippen LogP contribution in [0.2, 0.25) is 0 Å². The second kappa shape index (κ2) is 9.73. The first kappa shape index (κ1) is 28.7. The number of hydrogen-bond donors (Lipinski definition) is 1. The lowest BCUT2D eigenvalue weighted by Gasteiger charge is -2.49. The van der Waals surface area contributed by atoms with Crippen molar-refractivity contribution in [2.45, 2.75) is 128 Å². The Hall–Kier alpha value is -2.03. The molecule has 0 bridgehead atoms. The van der Waals surface area contributed by atoms with Crippen LogP contribution in [0.4, 0.5) is 18.0 Å². The van der Waals surface area contributed by atoms with Crippen LogP contribution < -0.4 is 5.32 Å². The normalized spacial score (nSPS) is 44.6. The Labute approximate surface area is 246 Å². The lowest BCUT2D eigenvalue weighted by atomic mass is 9.56. The maximum absolute atomic E-state index is 13.6. The van der Waals surface area contributed by atoms with Gasteiger partial charge in [0.1, 0.15) is 6.10 Å². The van der Waals surface area contributed by atoms with E-state index in [9.17, 15) is 22.8 Å². The van der Waals surface area contributed by atoms with Gasteiger partial charge < -0.3 is 19.7 Å². The van der Waals surface area contributed by atoms with Gasteiger partial charge in [0.15, 0.2) is 0 Å². The number of allylic oxidation sites excluding steroid dienone is 2. The van der Waals surface area contributed by atoms with E-state index in [0.29, 0.717) is 24.2 Å². The van der Waals surface area contributed by atoms with Gasteiger partial charge in [0.2, 0.25) is 0 Å². The Morgan fingerprint density at radius 3 is 2.60 bits per heavy atom. The number of rotatable bonds is 2. The fourth-order valence-corrected chi connectivity index (χ4v) is 10.4. The number of hydrogen-bond acceptors (Lipinski definition) is 4. The van der Waals surface area contributed by atoms with Gasteiger partial charge in [-0.05, 0) is 99.4 Å². The summed E-state index contributed by atoms with van der Waals surface area (Å²) in [7, 11) is 0. The Balaban J connectivity index is 1.12. The number of piperidine rings is 1. The molecule has 2 saturated heterocycles. The minimum absolute atomic E-state index is 0.0399. The Morgan fingerprint density at radius 1 is 1.12 bits per heavy atom. The zero-order valence-electron chi connectivity index (χ0n) is 25.3. The number of alkyl carbamates (subject to hydrolysis) is 1. The highest BCUT2D eigenvalue weighted by atomic mass is 19.4. The van der Waals surface area contributed by atoms with Crippen LogP contribution in [0.15, 0.2) is 22.8 Å². The van der Waals surface area contributed by atoms with Crippen LogP contribution in [-0.2, 0) is 14.3 Å². The van der Waals surface area contributed by atoms with Gasteiger partial charge in [-0.15, -0.1) is 0 Å². The van der Waals surface area contributed by atoms with Crippen molar-refractivity contribution in [1.29, 1.82) is 0 Å². The van der Waals surface area contributed by atoms with Gasteiger partial charge in [0.05, 0.1) is 17.7 Å². The minimum Gasteiger partial charge on any atom is -0.446 e. The van der Waals surface area contributed by atoms with Crippen LogP contribution in [-0.4, -0.2) is 59.5 Å². The second-order valence-electron chi connectivity index (χ2n) is 15.0. The molecule has 232 valence electrons. The maximum atomic E-state index is 13.6. The van der Waals surface area contributed by atoms with Gasteiger partial charge in [0.25, 0.3) is 0 Å². The smallest absolute Gasteiger partial charge is 0.446 e. The van der Waals surface area contributed by atoms with Crippen LogP contribution >= 0.6 is 0 Å². The molecule has 10 atom stereocenters. The summed E-state index contributed by atoms with van der Waals surface area (Å²) < 4.78 is 53.6. The second-order valence-corrected chi connectivity index (χ2v) is 15.0. The van der Waals surface area contributed by atoms with Gasteiger partial charge in [-0.25, -0.2) is 4.79 Å². The molecule has 5 fully saturated rings. The van der Waals surface area contributed by atoms with Crippen LogP contribution in [0.25, 0.3) is 0 Å². The van der Waals surface area contributed by atoms with Gasteiger partial charge in [-0.3, -0.25) is 4.79 Å². The van der Waals surface area contributed by atoms with Crippen molar-refractivity contribution in [3.63, 3.8) is 0 Å². The van der Waals surface area contributed by atoms with E-state index in [-0.39, 0.29) is 48.1 Å². The van der Waals surface area contributed by atoms with E-state index >= 15 is 0 Å². The summed E-state index contributed by atoms with van der Waals surface area (Å²) in [6.45, 7) is 8.65. The van der Waals surface area contributed by atoms with E-state index in [1.54, 1.807) is 0 Å². The number of alkyl halides is 3.